The summed E-state index contributed by atoms with van der Waals surface area (Å²) in [5.74, 6) is 0. The number of hydrogen-bond donors (Lipinski definition) is 0. The Morgan fingerprint density at radius 3 is 2.61 bits per heavy atom. The third-order valence-corrected chi connectivity index (χ3v) is 4.43. The van der Waals surface area contributed by atoms with E-state index in [0.29, 0.717) is 0 Å². The molecule has 0 aromatic rings. The summed E-state index contributed by atoms with van der Waals surface area (Å²) < 4.78 is 0. The van der Waals surface area contributed by atoms with E-state index in [2.05, 4.69) is 34.4 Å². The Balaban J connectivity index is 1.84. The zero-order chi connectivity index (χ0) is 12.8. The van der Waals surface area contributed by atoms with Crippen LogP contribution >= 0.6 is 0 Å². The first-order valence-electron chi connectivity index (χ1n) is 7.55. The summed E-state index contributed by atoms with van der Waals surface area (Å²) in [5, 5.41) is 0. The van der Waals surface area contributed by atoms with E-state index in [4.69, 9.17) is 0 Å². The highest BCUT2D eigenvalue weighted by atomic mass is 15.3. The molecule has 2 saturated heterocycles. The quantitative estimate of drug-likeness (QED) is 0.704. The van der Waals surface area contributed by atoms with Crippen LogP contribution in [0.1, 0.15) is 25.7 Å². The van der Waals surface area contributed by atoms with Crippen LogP contribution in [0.5, 0.6) is 0 Å². The van der Waals surface area contributed by atoms with Crippen molar-refractivity contribution in [1.82, 2.24) is 14.7 Å². The summed E-state index contributed by atoms with van der Waals surface area (Å²) in [6.07, 6.45) is 7.36. The van der Waals surface area contributed by atoms with Gasteiger partial charge in [-0.05, 0) is 32.9 Å². The van der Waals surface area contributed by atoms with Gasteiger partial charge in [0, 0.05) is 45.3 Å². The van der Waals surface area contributed by atoms with Crippen molar-refractivity contribution in [3.8, 4) is 0 Å². The van der Waals surface area contributed by atoms with Crippen molar-refractivity contribution in [3.63, 3.8) is 0 Å². The van der Waals surface area contributed by atoms with Crippen LogP contribution in [0.15, 0.2) is 12.7 Å². The van der Waals surface area contributed by atoms with Crippen LogP contribution in [0.3, 0.4) is 0 Å². The number of likely N-dealkylation sites (N-methyl/N-ethyl adjacent to an activating group) is 1. The molecule has 0 N–H and O–H groups in total. The average Bonchev–Trinajstić information content (AvgIpc) is 2.63. The Bertz CT molecular complexity index is 246. The molecule has 0 unspecified atom stereocenters. The van der Waals surface area contributed by atoms with Gasteiger partial charge in [0.25, 0.3) is 0 Å². The predicted molar refractivity (Wildman–Crippen MR) is 78.0 cm³/mol. The van der Waals surface area contributed by atoms with Gasteiger partial charge in [0.05, 0.1) is 0 Å². The summed E-state index contributed by atoms with van der Waals surface area (Å²) in [7, 11) is 2.24. The Morgan fingerprint density at radius 2 is 1.89 bits per heavy atom. The van der Waals surface area contributed by atoms with Crippen molar-refractivity contribution in [2.45, 2.75) is 31.7 Å². The van der Waals surface area contributed by atoms with Crippen LogP contribution in [-0.2, 0) is 0 Å². The van der Waals surface area contributed by atoms with Crippen LogP contribution in [0.4, 0.5) is 0 Å². The molecule has 0 spiro atoms. The van der Waals surface area contributed by atoms with Crippen molar-refractivity contribution in [2.75, 3.05) is 52.9 Å². The van der Waals surface area contributed by atoms with Gasteiger partial charge in [-0.25, -0.2) is 0 Å². The molecule has 0 aliphatic carbocycles. The number of likely N-dealkylation sites (tertiary alicyclic amines) is 1. The maximum Gasteiger partial charge on any atom is 0.0224 e. The lowest BCUT2D eigenvalue weighted by atomic mass is 10.1. The predicted octanol–water partition coefficient (Wildman–Crippen LogP) is 1.66. The maximum absolute atomic E-state index is 3.84. The number of rotatable bonds is 4. The molecule has 2 aliphatic heterocycles. The molecule has 3 heteroatoms. The summed E-state index contributed by atoms with van der Waals surface area (Å²) in [4.78, 5) is 7.83. The van der Waals surface area contributed by atoms with Crippen LogP contribution in [-0.4, -0.2) is 73.6 Å². The minimum atomic E-state index is 0.797. The van der Waals surface area contributed by atoms with Gasteiger partial charge in [-0.3, -0.25) is 4.90 Å². The molecule has 104 valence electrons. The molecule has 18 heavy (non-hydrogen) atoms. The fourth-order valence-electron chi connectivity index (χ4n) is 3.16. The van der Waals surface area contributed by atoms with E-state index in [1.807, 2.05) is 0 Å². The highest BCUT2D eigenvalue weighted by Crippen LogP contribution is 2.17. The zero-order valence-electron chi connectivity index (χ0n) is 12.0. The Labute approximate surface area is 112 Å². The summed E-state index contributed by atoms with van der Waals surface area (Å²) >= 11 is 0. The van der Waals surface area contributed by atoms with Gasteiger partial charge in [-0.1, -0.05) is 12.5 Å². The third-order valence-electron chi connectivity index (χ3n) is 4.43. The van der Waals surface area contributed by atoms with E-state index in [-0.39, 0.29) is 0 Å². The molecule has 1 atom stereocenters. The van der Waals surface area contributed by atoms with Gasteiger partial charge in [-0.2, -0.15) is 0 Å². The molecule has 2 heterocycles. The largest absolute Gasteiger partial charge is 0.304 e. The zero-order valence-corrected chi connectivity index (χ0v) is 12.0. The molecule has 0 radical (unpaired) electrons. The first-order chi connectivity index (χ1) is 8.79. The second kappa shape index (κ2) is 7.27. The van der Waals surface area contributed by atoms with Gasteiger partial charge >= 0.3 is 0 Å². The van der Waals surface area contributed by atoms with Gasteiger partial charge in [-0.15, -0.1) is 6.58 Å². The molecule has 0 bridgehead atoms. The SMILES string of the molecule is C=CCCN1CCCC[C@@H](N2CCN(C)CC2)C1. The van der Waals surface area contributed by atoms with Crippen molar-refractivity contribution in [1.29, 1.82) is 0 Å². The van der Waals surface area contributed by atoms with Crippen LogP contribution in [0, 0.1) is 0 Å². The lowest BCUT2D eigenvalue weighted by molar-refractivity contribution is 0.0893. The van der Waals surface area contributed by atoms with Crippen LogP contribution < -0.4 is 0 Å². The van der Waals surface area contributed by atoms with E-state index in [9.17, 15) is 0 Å². The average molecular weight is 251 g/mol. The lowest BCUT2D eigenvalue weighted by Crippen LogP contribution is -2.51. The van der Waals surface area contributed by atoms with Gasteiger partial charge < -0.3 is 9.80 Å². The molecule has 2 fully saturated rings. The Kier molecular flexibility index (Phi) is 5.67. The molecule has 3 nitrogen and oxygen atoms in total. The molecule has 2 aliphatic rings. The van der Waals surface area contributed by atoms with Crippen molar-refractivity contribution in [3.05, 3.63) is 12.7 Å². The van der Waals surface area contributed by atoms with E-state index in [0.717, 1.165) is 12.5 Å². The minimum Gasteiger partial charge on any atom is -0.304 e. The second-order valence-electron chi connectivity index (χ2n) is 5.87. The number of piperazine rings is 1. The van der Waals surface area contributed by atoms with Crippen molar-refractivity contribution >= 4 is 0 Å². The Morgan fingerprint density at radius 1 is 1.11 bits per heavy atom. The second-order valence-corrected chi connectivity index (χ2v) is 5.87. The monoisotopic (exact) mass is 251 g/mol. The standard InChI is InChI=1S/C15H29N3/c1-3-4-8-17-9-6-5-7-15(14-17)18-12-10-16(2)11-13-18/h3,15H,1,4-14H2,2H3/t15-/m1/s1. The van der Waals surface area contributed by atoms with Crippen molar-refractivity contribution < 1.29 is 0 Å². The molecule has 0 aromatic carbocycles. The normalized spacial score (nSPS) is 29.1. The van der Waals surface area contributed by atoms with Gasteiger partial charge in [0.1, 0.15) is 0 Å². The summed E-state index contributed by atoms with van der Waals surface area (Å²) in [5.41, 5.74) is 0. The molecule has 2 rings (SSSR count). The van der Waals surface area contributed by atoms with Gasteiger partial charge in [0.2, 0.25) is 0 Å². The highest BCUT2D eigenvalue weighted by Gasteiger charge is 2.25. The van der Waals surface area contributed by atoms with E-state index < -0.39 is 0 Å². The molecule has 0 amide bonds. The molecule has 0 saturated carbocycles. The number of hydrogen-bond acceptors (Lipinski definition) is 3. The fourth-order valence-corrected chi connectivity index (χ4v) is 3.16. The smallest absolute Gasteiger partial charge is 0.0224 e. The first kappa shape index (κ1) is 14.0. The topological polar surface area (TPSA) is 9.72 Å². The summed E-state index contributed by atoms with van der Waals surface area (Å²) in [6.45, 7) is 12.6. The Hall–Kier alpha value is -0.380. The maximum atomic E-state index is 3.84. The molecular weight excluding hydrogens is 222 g/mol. The highest BCUT2D eigenvalue weighted by molar-refractivity contribution is 4.83. The fraction of sp³-hybridized carbons (Fsp3) is 0.867. The summed E-state index contributed by atoms with van der Waals surface area (Å²) in [6, 6.07) is 0.797. The first-order valence-corrected chi connectivity index (χ1v) is 7.55. The van der Waals surface area contributed by atoms with Crippen molar-refractivity contribution in [2.24, 2.45) is 0 Å². The third kappa shape index (κ3) is 4.08. The van der Waals surface area contributed by atoms with E-state index in [1.54, 1.807) is 0 Å². The van der Waals surface area contributed by atoms with Gasteiger partial charge in [0.15, 0.2) is 0 Å². The number of nitrogens with zero attached hydrogens (tertiary/aromatic N) is 3. The van der Waals surface area contributed by atoms with E-state index in [1.165, 1.54) is 65.1 Å². The van der Waals surface area contributed by atoms with Crippen LogP contribution in [0.25, 0.3) is 0 Å². The minimum absolute atomic E-state index is 0.797. The molecular formula is C15H29N3. The van der Waals surface area contributed by atoms with Crippen LogP contribution in [0.2, 0.25) is 0 Å². The molecule has 0 aromatic heterocycles. The lowest BCUT2D eigenvalue weighted by Gasteiger charge is -2.39. The van der Waals surface area contributed by atoms with E-state index >= 15 is 0 Å².